The molecule has 11 nitrogen and oxygen atoms in total. The maximum absolute atomic E-state index is 11.6. The zero-order valence-electron chi connectivity index (χ0n) is 31.1. The number of nitrogens with two attached hydrogens (primary N) is 1. The number of nitrogen functional groups attached to an aromatic ring is 1. The third kappa shape index (κ3) is 9.10. The Balaban J connectivity index is 0.00000286. The van der Waals surface area contributed by atoms with Gasteiger partial charge in [0.05, 0.1) is 30.7 Å². The number of nitrogens with one attached hydrogen (secondary N) is 2. The van der Waals surface area contributed by atoms with Crippen LogP contribution in [0.4, 0.5) is 17.1 Å². The summed E-state index contributed by atoms with van der Waals surface area (Å²) in [5.41, 5.74) is 11.0. The first-order chi connectivity index (χ1) is 24.1. The molecular formula is C39H51N7O4S. The molecule has 0 spiro atoms. The number of nitrogens with zero attached hydrogens (tertiary/aromatic N) is 4. The molecule has 5 N–H and O–H groups in total. The van der Waals surface area contributed by atoms with Gasteiger partial charge in [-0.3, -0.25) is 5.10 Å². The fourth-order valence-corrected chi connectivity index (χ4v) is 6.35. The first-order valence-corrected chi connectivity index (χ1v) is 17.9. The molecule has 1 unspecified atom stereocenters. The Morgan fingerprint density at radius 1 is 1.14 bits per heavy atom. The SMILES string of the molecule is COc1ccc(OCCCN2c3cc(C)c(N=C(C(=N)C(C)(C)C)c4nc(-c5cc(N)cc(C(=O)O)c5)n[nH]4)cc3C(C)CC2(C)C)cc1.CS. The number of benzene rings is 3. The van der Waals surface area contributed by atoms with Gasteiger partial charge in [-0.1, -0.05) is 27.7 Å². The van der Waals surface area contributed by atoms with Crippen molar-refractivity contribution in [3.8, 4) is 22.9 Å². The number of thiol groups is 1. The number of hydrogen-bond donors (Lipinski definition) is 5. The summed E-state index contributed by atoms with van der Waals surface area (Å²) < 4.78 is 11.3. The normalized spacial score (nSPS) is 15.4. The summed E-state index contributed by atoms with van der Waals surface area (Å²) in [5, 5.41) is 26.0. The summed E-state index contributed by atoms with van der Waals surface area (Å²) in [6.07, 6.45) is 3.52. The predicted octanol–water partition coefficient (Wildman–Crippen LogP) is 8.36. The number of hydrogen-bond acceptors (Lipinski definition) is 10. The standard InChI is InChI=1S/C38H47N7O4.CH4S/c1-22-16-31-29(23(2)21-38(6,7)45(31)14-9-15-49-28-12-10-27(48-8)11-13-28)20-30(22)41-32(33(40)37(3,4)5)35-42-34(43-44-35)24-17-25(36(46)47)19-26(39)18-24;1-2/h10-13,16-20,23,40H,9,14-15,21,39H2,1-8H3,(H,46,47)(H,42,43,44);2H,1H3. The lowest BCUT2D eigenvalue weighted by Gasteiger charge is -2.48. The van der Waals surface area contributed by atoms with Crippen molar-refractivity contribution in [1.82, 2.24) is 15.2 Å². The van der Waals surface area contributed by atoms with E-state index in [1.165, 1.54) is 23.4 Å². The fourth-order valence-electron chi connectivity index (χ4n) is 6.35. The Kier molecular flexibility index (Phi) is 12.2. The summed E-state index contributed by atoms with van der Waals surface area (Å²) in [4.78, 5) is 23.9. The van der Waals surface area contributed by atoms with Gasteiger partial charge in [0.25, 0.3) is 0 Å². The van der Waals surface area contributed by atoms with Gasteiger partial charge in [0.15, 0.2) is 11.6 Å². The van der Waals surface area contributed by atoms with Crippen molar-refractivity contribution < 1.29 is 19.4 Å². The zero-order chi connectivity index (χ0) is 37.7. The molecule has 3 aromatic carbocycles. The Morgan fingerprint density at radius 3 is 2.43 bits per heavy atom. The molecule has 4 aromatic rings. The molecule has 0 saturated carbocycles. The minimum absolute atomic E-state index is 0.0402. The average molecular weight is 714 g/mol. The van der Waals surface area contributed by atoms with Crippen molar-refractivity contribution >= 4 is 47.1 Å². The Hall–Kier alpha value is -4.84. The van der Waals surface area contributed by atoms with Crippen LogP contribution in [-0.4, -0.2) is 69.7 Å². The molecule has 0 fully saturated rings. The van der Waals surface area contributed by atoms with Crippen LogP contribution < -0.4 is 20.1 Å². The van der Waals surface area contributed by atoms with Crippen molar-refractivity contribution in [3.05, 3.63) is 77.1 Å². The van der Waals surface area contributed by atoms with Crippen LogP contribution in [0.15, 0.2) is 59.6 Å². The monoisotopic (exact) mass is 713 g/mol. The van der Waals surface area contributed by atoms with Crippen molar-refractivity contribution in [2.75, 3.05) is 37.2 Å². The number of methoxy groups -OCH3 is 1. The molecule has 0 radical (unpaired) electrons. The van der Waals surface area contributed by atoms with Gasteiger partial charge in [-0.2, -0.15) is 17.7 Å². The number of anilines is 2. The maximum atomic E-state index is 11.6. The Morgan fingerprint density at radius 2 is 1.80 bits per heavy atom. The highest BCUT2D eigenvalue weighted by Crippen LogP contribution is 2.46. The number of H-pyrrole nitrogens is 1. The van der Waals surface area contributed by atoms with Gasteiger partial charge in [-0.15, -0.1) is 0 Å². The quantitative estimate of drug-likeness (QED) is 0.0448. The van der Waals surface area contributed by atoms with E-state index in [0.717, 1.165) is 42.1 Å². The van der Waals surface area contributed by atoms with E-state index in [1.54, 1.807) is 19.4 Å². The molecule has 0 amide bonds. The molecule has 0 saturated heterocycles. The van der Waals surface area contributed by atoms with Crippen LogP contribution >= 0.6 is 12.6 Å². The zero-order valence-corrected chi connectivity index (χ0v) is 32.0. The highest BCUT2D eigenvalue weighted by Gasteiger charge is 2.37. The molecule has 0 bridgehead atoms. The molecule has 1 atom stereocenters. The second-order valence-electron chi connectivity index (χ2n) is 14.4. The number of aromatic amines is 1. The number of carboxylic acid groups (broad SMARTS) is 1. The van der Waals surface area contributed by atoms with Crippen molar-refractivity contribution in [3.63, 3.8) is 0 Å². The van der Waals surface area contributed by atoms with Crippen molar-refractivity contribution in [1.29, 1.82) is 5.41 Å². The number of aliphatic imine (C=N–C) groups is 1. The number of carboxylic acids is 1. The van der Waals surface area contributed by atoms with E-state index < -0.39 is 11.4 Å². The first-order valence-electron chi connectivity index (χ1n) is 17.0. The lowest BCUT2D eigenvalue weighted by Crippen LogP contribution is -2.49. The fraction of sp³-hybridized carbons (Fsp3) is 0.410. The lowest BCUT2D eigenvalue weighted by atomic mass is 9.79. The number of fused-ring (bicyclic) bond motifs is 1. The van der Waals surface area contributed by atoms with Gasteiger partial charge < -0.3 is 30.6 Å². The van der Waals surface area contributed by atoms with Crippen molar-refractivity contribution in [2.45, 2.75) is 72.8 Å². The third-order valence-electron chi connectivity index (χ3n) is 8.95. The number of aromatic nitrogens is 3. The van der Waals surface area contributed by atoms with E-state index in [2.05, 4.69) is 65.6 Å². The minimum atomic E-state index is -1.10. The van der Waals surface area contributed by atoms with Crippen molar-refractivity contribution in [2.24, 2.45) is 10.4 Å². The Labute approximate surface area is 306 Å². The Bertz CT molecular complexity index is 1890. The van der Waals surface area contributed by atoms with Crippen LogP contribution in [0.2, 0.25) is 0 Å². The van der Waals surface area contributed by atoms with Crippen LogP contribution in [0, 0.1) is 17.7 Å². The lowest BCUT2D eigenvalue weighted by molar-refractivity contribution is 0.0697. The second-order valence-corrected chi connectivity index (χ2v) is 14.4. The number of ether oxygens (including phenoxy) is 2. The van der Waals surface area contributed by atoms with Gasteiger partial charge in [-0.25, -0.2) is 14.8 Å². The van der Waals surface area contributed by atoms with E-state index in [4.69, 9.17) is 25.6 Å². The van der Waals surface area contributed by atoms with Crippen LogP contribution in [0.25, 0.3) is 11.4 Å². The molecule has 51 heavy (non-hydrogen) atoms. The summed E-state index contributed by atoms with van der Waals surface area (Å²) in [5.74, 6) is 1.40. The van der Waals surface area contributed by atoms with Gasteiger partial charge in [0.2, 0.25) is 0 Å². The van der Waals surface area contributed by atoms with E-state index in [1.807, 2.05) is 52.0 Å². The number of rotatable bonds is 11. The van der Waals surface area contributed by atoms with E-state index in [9.17, 15) is 9.90 Å². The van der Waals surface area contributed by atoms with Crippen LogP contribution in [-0.2, 0) is 0 Å². The van der Waals surface area contributed by atoms with Gasteiger partial charge >= 0.3 is 5.97 Å². The second kappa shape index (κ2) is 16.0. The van der Waals surface area contributed by atoms with Crippen LogP contribution in [0.1, 0.15) is 87.6 Å². The van der Waals surface area contributed by atoms with E-state index in [0.29, 0.717) is 41.0 Å². The summed E-state index contributed by atoms with van der Waals surface area (Å²) in [7, 11) is 1.65. The summed E-state index contributed by atoms with van der Waals surface area (Å²) in [6, 6.07) is 16.5. The van der Waals surface area contributed by atoms with E-state index in [-0.39, 0.29) is 16.9 Å². The van der Waals surface area contributed by atoms with Gasteiger partial charge in [0.1, 0.15) is 17.2 Å². The van der Waals surface area contributed by atoms with Gasteiger partial charge in [0, 0.05) is 34.4 Å². The smallest absolute Gasteiger partial charge is 0.335 e. The molecule has 12 heteroatoms. The molecule has 0 aliphatic carbocycles. The predicted molar refractivity (Wildman–Crippen MR) is 210 cm³/mol. The molecule has 272 valence electrons. The minimum Gasteiger partial charge on any atom is -0.497 e. The third-order valence-corrected chi connectivity index (χ3v) is 8.95. The molecule has 2 heterocycles. The number of carbonyl (C=O) groups is 1. The molecule has 1 aliphatic heterocycles. The highest BCUT2D eigenvalue weighted by atomic mass is 32.1. The maximum Gasteiger partial charge on any atom is 0.335 e. The number of aromatic carboxylic acids is 1. The molecule has 1 aromatic heterocycles. The van der Waals surface area contributed by atoms with E-state index >= 15 is 0 Å². The van der Waals surface area contributed by atoms with Crippen LogP contribution in [0.3, 0.4) is 0 Å². The van der Waals surface area contributed by atoms with Crippen LogP contribution in [0.5, 0.6) is 11.5 Å². The number of aryl methyl sites for hydroxylation is 1. The largest absolute Gasteiger partial charge is 0.497 e. The first kappa shape index (κ1) is 39.0. The topological polar surface area (TPSA) is 163 Å². The molecular weight excluding hydrogens is 663 g/mol. The summed E-state index contributed by atoms with van der Waals surface area (Å²) in [6.45, 7) is 16.2. The molecule has 1 aliphatic rings. The molecule has 5 rings (SSSR count). The highest BCUT2D eigenvalue weighted by molar-refractivity contribution is 7.79. The van der Waals surface area contributed by atoms with Gasteiger partial charge in [-0.05, 0) is 112 Å². The average Bonchev–Trinajstić information content (AvgIpc) is 3.57. The summed E-state index contributed by atoms with van der Waals surface area (Å²) >= 11 is 3.53.